The van der Waals surface area contributed by atoms with Gasteiger partial charge in [0.15, 0.2) is 6.10 Å². The van der Waals surface area contributed by atoms with Crippen LogP contribution in [0.3, 0.4) is 0 Å². The molecule has 0 radical (unpaired) electrons. The van der Waals surface area contributed by atoms with E-state index in [-0.39, 0.29) is 23.9 Å². The monoisotopic (exact) mass is 375 g/mol. The minimum atomic E-state index is -0.960. The Kier molecular flexibility index (Phi) is 6.55. The van der Waals surface area contributed by atoms with Gasteiger partial charge in [0.1, 0.15) is 6.54 Å². The maximum absolute atomic E-state index is 12.5. The number of amides is 1. The highest BCUT2D eigenvalue weighted by Crippen LogP contribution is 2.14. The van der Waals surface area contributed by atoms with Crippen LogP contribution < -0.4 is 5.76 Å². The number of aromatic nitrogens is 2. The second-order valence-corrected chi connectivity index (χ2v) is 6.76. The number of carbonyl (C=O) groups is 2. The number of benzene rings is 1. The predicted octanol–water partition coefficient (Wildman–Crippen LogP) is 2.08. The molecule has 2 aromatic rings. The fourth-order valence-corrected chi connectivity index (χ4v) is 2.83. The third-order valence-electron chi connectivity index (χ3n) is 3.93. The molecule has 2 rings (SSSR count). The molecule has 146 valence electrons. The van der Waals surface area contributed by atoms with Crippen LogP contribution >= 0.6 is 0 Å². The molecule has 0 bridgehead atoms. The average Bonchev–Trinajstić information content (AvgIpc) is 2.95. The third kappa shape index (κ3) is 5.06. The zero-order chi connectivity index (χ0) is 20.1. The van der Waals surface area contributed by atoms with Crippen molar-refractivity contribution in [3.8, 4) is 11.5 Å². The maximum Gasteiger partial charge on any atom is 0.437 e. The van der Waals surface area contributed by atoms with Crippen molar-refractivity contribution in [1.82, 2.24) is 14.7 Å². The SMILES string of the molecule is CC(C)N(C(=O)[C@H](C)OC(=O)Cn1nc(-c2ccccc2)oc1=O)C(C)C. The van der Waals surface area contributed by atoms with Gasteiger partial charge in [0.2, 0.25) is 5.89 Å². The van der Waals surface area contributed by atoms with Crippen LogP contribution in [0.15, 0.2) is 39.5 Å². The summed E-state index contributed by atoms with van der Waals surface area (Å²) in [4.78, 5) is 38.2. The zero-order valence-electron chi connectivity index (χ0n) is 16.2. The summed E-state index contributed by atoms with van der Waals surface area (Å²) in [6, 6.07) is 8.82. The van der Waals surface area contributed by atoms with Gasteiger partial charge in [-0.25, -0.2) is 4.79 Å². The fraction of sp³-hybridized carbons (Fsp3) is 0.474. The molecule has 27 heavy (non-hydrogen) atoms. The minimum absolute atomic E-state index is 0.0229. The second-order valence-electron chi connectivity index (χ2n) is 6.76. The van der Waals surface area contributed by atoms with Gasteiger partial charge in [-0.1, -0.05) is 18.2 Å². The van der Waals surface area contributed by atoms with Gasteiger partial charge >= 0.3 is 11.7 Å². The van der Waals surface area contributed by atoms with Crippen molar-refractivity contribution in [3.05, 3.63) is 40.9 Å². The highest BCUT2D eigenvalue weighted by molar-refractivity contribution is 5.83. The van der Waals surface area contributed by atoms with Crippen LogP contribution in [0.5, 0.6) is 0 Å². The summed E-state index contributed by atoms with van der Waals surface area (Å²) in [5.74, 6) is -1.68. The van der Waals surface area contributed by atoms with Gasteiger partial charge < -0.3 is 14.1 Å². The molecule has 1 atom stereocenters. The molecule has 0 saturated heterocycles. The average molecular weight is 375 g/mol. The first-order valence-electron chi connectivity index (χ1n) is 8.85. The van der Waals surface area contributed by atoms with E-state index in [1.54, 1.807) is 29.2 Å². The summed E-state index contributed by atoms with van der Waals surface area (Å²) in [5.41, 5.74) is 0.620. The summed E-state index contributed by atoms with van der Waals surface area (Å²) < 4.78 is 11.1. The molecule has 1 heterocycles. The Morgan fingerprint density at radius 2 is 1.70 bits per heavy atom. The summed E-state index contributed by atoms with van der Waals surface area (Å²) in [6.07, 6.45) is -0.960. The van der Waals surface area contributed by atoms with Gasteiger partial charge in [-0.2, -0.15) is 4.68 Å². The fourth-order valence-electron chi connectivity index (χ4n) is 2.83. The number of hydrogen-bond acceptors (Lipinski definition) is 6. The second kappa shape index (κ2) is 8.66. The molecular weight excluding hydrogens is 350 g/mol. The van der Waals surface area contributed by atoms with E-state index in [0.717, 1.165) is 4.68 Å². The van der Waals surface area contributed by atoms with E-state index in [4.69, 9.17) is 9.15 Å². The van der Waals surface area contributed by atoms with Gasteiger partial charge in [-0.05, 0) is 46.8 Å². The lowest BCUT2D eigenvalue weighted by Gasteiger charge is -2.32. The Morgan fingerprint density at radius 1 is 1.11 bits per heavy atom. The van der Waals surface area contributed by atoms with Crippen LogP contribution in [0.25, 0.3) is 11.5 Å². The Balaban J connectivity index is 2.04. The van der Waals surface area contributed by atoms with Crippen LogP contribution in [0.2, 0.25) is 0 Å². The quantitative estimate of drug-likeness (QED) is 0.688. The van der Waals surface area contributed by atoms with Crippen LogP contribution in [0, 0.1) is 0 Å². The first-order valence-corrected chi connectivity index (χ1v) is 8.85. The molecule has 0 saturated carbocycles. The molecule has 0 aliphatic rings. The first-order chi connectivity index (χ1) is 12.7. The Labute approximate surface area is 157 Å². The third-order valence-corrected chi connectivity index (χ3v) is 3.93. The molecule has 0 unspecified atom stereocenters. The largest absolute Gasteiger partial charge is 0.451 e. The van der Waals surface area contributed by atoms with Crippen molar-refractivity contribution in [2.24, 2.45) is 0 Å². The Morgan fingerprint density at radius 3 is 2.26 bits per heavy atom. The number of rotatable bonds is 7. The molecular formula is C19H25N3O5. The Hall–Kier alpha value is -2.90. The number of carbonyl (C=O) groups excluding carboxylic acids is 2. The van der Waals surface area contributed by atoms with Crippen LogP contribution in [-0.2, 0) is 20.9 Å². The van der Waals surface area contributed by atoms with E-state index in [1.807, 2.05) is 33.8 Å². The summed E-state index contributed by atoms with van der Waals surface area (Å²) >= 11 is 0. The number of hydrogen-bond donors (Lipinski definition) is 0. The molecule has 1 amide bonds. The van der Waals surface area contributed by atoms with Crippen LogP contribution in [0.1, 0.15) is 34.6 Å². The molecule has 0 fully saturated rings. The topological polar surface area (TPSA) is 94.6 Å². The van der Waals surface area contributed by atoms with Crippen molar-refractivity contribution >= 4 is 11.9 Å². The molecule has 0 N–H and O–H groups in total. The van der Waals surface area contributed by atoms with Crippen molar-refractivity contribution in [1.29, 1.82) is 0 Å². The van der Waals surface area contributed by atoms with E-state index in [0.29, 0.717) is 5.56 Å². The smallest absolute Gasteiger partial charge is 0.437 e. The standard InChI is InChI=1S/C19H25N3O5/c1-12(2)22(13(3)4)18(24)14(5)26-16(23)11-21-19(25)27-17(20-21)15-9-7-6-8-10-15/h6-10,12-14H,11H2,1-5H3/t14-/m0/s1. The van der Waals surface area contributed by atoms with Crippen molar-refractivity contribution in [2.45, 2.75) is 59.4 Å². The number of esters is 1. The van der Waals surface area contributed by atoms with Crippen molar-refractivity contribution < 1.29 is 18.7 Å². The van der Waals surface area contributed by atoms with Gasteiger partial charge in [0, 0.05) is 17.6 Å². The van der Waals surface area contributed by atoms with E-state index in [2.05, 4.69) is 5.10 Å². The van der Waals surface area contributed by atoms with Gasteiger partial charge in [-0.15, -0.1) is 5.10 Å². The zero-order valence-corrected chi connectivity index (χ0v) is 16.2. The van der Waals surface area contributed by atoms with E-state index < -0.39 is 24.4 Å². The highest BCUT2D eigenvalue weighted by Gasteiger charge is 2.28. The van der Waals surface area contributed by atoms with Gasteiger partial charge in [0.25, 0.3) is 5.91 Å². The normalized spacial score (nSPS) is 12.3. The lowest BCUT2D eigenvalue weighted by Crippen LogP contribution is -2.47. The summed E-state index contributed by atoms with van der Waals surface area (Å²) in [5, 5.41) is 4.01. The Bertz CT molecular complexity index is 831. The number of nitrogens with zero attached hydrogens (tertiary/aromatic N) is 3. The van der Waals surface area contributed by atoms with Crippen LogP contribution in [0.4, 0.5) is 0 Å². The van der Waals surface area contributed by atoms with E-state index in [1.165, 1.54) is 6.92 Å². The molecule has 0 aliphatic carbocycles. The predicted molar refractivity (Wildman–Crippen MR) is 98.9 cm³/mol. The van der Waals surface area contributed by atoms with Crippen molar-refractivity contribution in [3.63, 3.8) is 0 Å². The minimum Gasteiger partial charge on any atom is -0.451 e. The van der Waals surface area contributed by atoms with Crippen LogP contribution in [-0.4, -0.2) is 44.7 Å². The first kappa shape index (κ1) is 20.4. The molecule has 0 spiro atoms. The molecule has 1 aromatic heterocycles. The summed E-state index contributed by atoms with van der Waals surface area (Å²) in [6.45, 7) is 8.66. The molecule has 8 nitrogen and oxygen atoms in total. The molecule has 0 aliphatic heterocycles. The van der Waals surface area contributed by atoms with Crippen molar-refractivity contribution in [2.75, 3.05) is 0 Å². The number of ether oxygens (including phenoxy) is 1. The summed E-state index contributed by atoms with van der Waals surface area (Å²) in [7, 11) is 0. The lowest BCUT2D eigenvalue weighted by atomic mass is 10.2. The van der Waals surface area contributed by atoms with Gasteiger partial charge in [0.05, 0.1) is 0 Å². The lowest BCUT2D eigenvalue weighted by molar-refractivity contribution is -0.161. The molecule has 1 aromatic carbocycles. The maximum atomic E-state index is 12.5. The van der Waals surface area contributed by atoms with E-state index in [9.17, 15) is 14.4 Å². The van der Waals surface area contributed by atoms with E-state index >= 15 is 0 Å². The van der Waals surface area contributed by atoms with Gasteiger partial charge in [-0.3, -0.25) is 9.59 Å². The highest BCUT2D eigenvalue weighted by atomic mass is 16.5. The molecule has 8 heteroatoms.